The predicted molar refractivity (Wildman–Crippen MR) is 114 cm³/mol. The first-order valence-electron chi connectivity index (χ1n) is 9.60. The molecule has 2 aromatic heterocycles. The van der Waals surface area contributed by atoms with Gasteiger partial charge < -0.3 is 14.8 Å². The standard InChI is InChI=1S/C21H21ClFN3O3S/c1-28-16-5-3-2-4-15(16)21(27)26-19(13-8-10-29-11-9-13)18(23)20(25-26)24-12-14-6-7-17(22)30-14/h2-7,13H,8-12H2,1H3,(H,24,25). The lowest BCUT2D eigenvalue weighted by Gasteiger charge is -2.22. The molecule has 158 valence electrons. The van der Waals surface area contributed by atoms with E-state index in [1.165, 1.54) is 23.1 Å². The number of carbonyl (C=O) groups is 1. The van der Waals surface area contributed by atoms with Gasteiger partial charge in [-0.25, -0.2) is 4.39 Å². The molecule has 0 atom stereocenters. The van der Waals surface area contributed by atoms with Crippen LogP contribution in [-0.4, -0.2) is 36.0 Å². The molecular weight excluding hydrogens is 429 g/mol. The number of para-hydroxylation sites is 1. The fourth-order valence-corrected chi connectivity index (χ4v) is 4.58. The van der Waals surface area contributed by atoms with Crippen molar-refractivity contribution < 1.29 is 18.7 Å². The Bertz CT molecular complexity index is 1050. The maximum Gasteiger partial charge on any atom is 0.282 e. The summed E-state index contributed by atoms with van der Waals surface area (Å²) >= 11 is 7.38. The zero-order valence-electron chi connectivity index (χ0n) is 16.4. The van der Waals surface area contributed by atoms with Gasteiger partial charge in [-0.2, -0.15) is 4.68 Å². The van der Waals surface area contributed by atoms with E-state index in [1.807, 2.05) is 6.07 Å². The molecule has 3 heterocycles. The van der Waals surface area contributed by atoms with Gasteiger partial charge in [0.05, 0.1) is 29.2 Å². The Morgan fingerprint density at radius 3 is 2.80 bits per heavy atom. The van der Waals surface area contributed by atoms with Crippen LogP contribution in [0.25, 0.3) is 0 Å². The first kappa shape index (κ1) is 20.8. The molecule has 3 aromatic rings. The van der Waals surface area contributed by atoms with E-state index < -0.39 is 11.7 Å². The molecule has 9 heteroatoms. The summed E-state index contributed by atoms with van der Waals surface area (Å²) in [4.78, 5) is 14.3. The summed E-state index contributed by atoms with van der Waals surface area (Å²) in [5.41, 5.74) is 0.605. The second kappa shape index (κ2) is 9.16. The molecule has 30 heavy (non-hydrogen) atoms. The monoisotopic (exact) mass is 449 g/mol. The van der Waals surface area contributed by atoms with E-state index in [-0.39, 0.29) is 17.4 Å². The minimum Gasteiger partial charge on any atom is -0.496 e. The number of nitrogens with zero attached hydrogens (tertiary/aromatic N) is 2. The number of benzene rings is 1. The predicted octanol–water partition coefficient (Wildman–Crippen LogP) is 4.94. The zero-order valence-corrected chi connectivity index (χ0v) is 17.9. The summed E-state index contributed by atoms with van der Waals surface area (Å²) < 4.78 is 28.0. The normalized spacial score (nSPS) is 14.6. The third-order valence-corrected chi connectivity index (χ3v) is 6.29. The molecule has 1 N–H and O–H groups in total. The molecule has 1 aliphatic rings. The fourth-order valence-electron chi connectivity index (χ4n) is 3.56. The number of nitrogens with one attached hydrogen (secondary N) is 1. The van der Waals surface area contributed by atoms with Gasteiger partial charge in [0.2, 0.25) is 0 Å². The number of carbonyl (C=O) groups excluding carboxylic acids is 1. The third-order valence-electron chi connectivity index (χ3n) is 5.06. The summed E-state index contributed by atoms with van der Waals surface area (Å²) in [6.07, 6.45) is 1.25. The molecule has 0 aliphatic carbocycles. The Morgan fingerprint density at radius 1 is 1.33 bits per heavy atom. The van der Waals surface area contributed by atoms with E-state index >= 15 is 4.39 Å². The van der Waals surface area contributed by atoms with E-state index in [1.54, 1.807) is 30.3 Å². The number of halogens is 2. The molecule has 6 nitrogen and oxygen atoms in total. The molecule has 0 radical (unpaired) electrons. The lowest BCUT2D eigenvalue weighted by molar-refractivity contribution is 0.0800. The van der Waals surface area contributed by atoms with Gasteiger partial charge in [-0.15, -0.1) is 16.4 Å². The molecule has 1 aliphatic heterocycles. The van der Waals surface area contributed by atoms with Crippen molar-refractivity contribution in [2.75, 3.05) is 25.6 Å². The lowest BCUT2D eigenvalue weighted by atomic mass is 9.95. The minimum atomic E-state index is -0.507. The SMILES string of the molecule is COc1ccccc1C(=O)n1nc(NCc2ccc(Cl)s2)c(F)c1C1CCOCC1. The van der Waals surface area contributed by atoms with Gasteiger partial charge in [-0.3, -0.25) is 4.79 Å². The van der Waals surface area contributed by atoms with Crippen LogP contribution < -0.4 is 10.1 Å². The molecule has 0 spiro atoms. The summed E-state index contributed by atoms with van der Waals surface area (Å²) in [7, 11) is 1.49. The van der Waals surface area contributed by atoms with E-state index in [0.29, 0.717) is 48.2 Å². The van der Waals surface area contributed by atoms with Gasteiger partial charge in [0.15, 0.2) is 11.6 Å². The van der Waals surface area contributed by atoms with Crippen molar-refractivity contribution in [3.63, 3.8) is 0 Å². The van der Waals surface area contributed by atoms with Crippen LogP contribution in [0.2, 0.25) is 4.34 Å². The van der Waals surface area contributed by atoms with Crippen molar-refractivity contribution in [1.82, 2.24) is 9.78 Å². The molecule has 1 fully saturated rings. The van der Waals surface area contributed by atoms with Crippen LogP contribution in [0.3, 0.4) is 0 Å². The van der Waals surface area contributed by atoms with Gasteiger partial charge in [0.25, 0.3) is 5.91 Å². The molecule has 1 aromatic carbocycles. The Balaban J connectivity index is 1.70. The van der Waals surface area contributed by atoms with Gasteiger partial charge in [-0.1, -0.05) is 23.7 Å². The molecule has 1 saturated heterocycles. The number of ether oxygens (including phenoxy) is 2. The van der Waals surface area contributed by atoms with Crippen LogP contribution in [-0.2, 0) is 11.3 Å². The number of anilines is 1. The molecule has 4 rings (SSSR count). The van der Waals surface area contributed by atoms with Crippen LogP contribution in [0.4, 0.5) is 10.2 Å². The summed E-state index contributed by atoms with van der Waals surface area (Å²) in [6, 6.07) is 10.5. The number of methoxy groups -OCH3 is 1. The van der Waals surface area contributed by atoms with E-state index in [4.69, 9.17) is 21.1 Å². The number of thiophene rings is 1. The number of hydrogen-bond acceptors (Lipinski definition) is 6. The van der Waals surface area contributed by atoms with Crippen LogP contribution in [0.15, 0.2) is 36.4 Å². The van der Waals surface area contributed by atoms with Crippen LogP contribution >= 0.6 is 22.9 Å². The Morgan fingerprint density at radius 2 is 2.10 bits per heavy atom. The molecular formula is C21H21ClFN3O3S. The van der Waals surface area contributed by atoms with Crippen LogP contribution in [0, 0.1) is 5.82 Å². The van der Waals surface area contributed by atoms with Crippen LogP contribution in [0.1, 0.15) is 39.7 Å². The summed E-state index contributed by atoms with van der Waals surface area (Å²) in [5, 5.41) is 7.32. The van der Waals surface area contributed by atoms with E-state index in [2.05, 4.69) is 10.4 Å². The summed E-state index contributed by atoms with van der Waals surface area (Å²) in [5.74, 6) is -0.632. The van der Waals surface area contributed by atoms with Crippen LogP contribution in [0.5, 0.6) is 5.75 Å². The second-order valence-electron chi connectivity index (χ2n) is 6.91. The van der Waals surface area contributed by atoms with Crippen molar-refractivity contribution in [2.24, 2.45) is 0 Å². The highest BCUT2D eigenvalue weighted by Gasteiger charge is 2.31. The number of rotatable bonds is 6. The first-order valence-corrected chi connectivity index (χ1v) is 10.8. The average Bonchev–Trinajstić information content (AvgIpc) is 3.34. The molecule has 0 bridgehead atoms. The van der Waals surface area contributed by atoms with Gasteiger partial charge in [0, 0.05) is 24.0 Å². The summed E-state index contributed by atoms with van der Waals surface area (Å²) in [6.45, 7) is 1.41. The zero-order chi connectivity index (χ0) is 21.1. The highest BCUT2D eigenvalue weighted by molar-refractivity contribution is 7.16. The second-order valence-corrected chi connectivity index (χ2v) is 8.71. The third kappa shape index (κ3) is 4.21. The maximum atomic E-state index is 15.5. The van der Waals surface area contributed by atoms with Gasteiger partial charge in [-0.05, 0) is 37.1 Å². The van der Waals surface area contributed by atoms with E-state index in [9.17, 15) is 4.79 Å². The lowest BCUT2D eigenvalue weighted by Crippen LogP contribution is -2.23. The average molecular weight is 450 g/mol. The molecule has 0 amide bonds. The Labute approximate surface area is 182 Å². The van der Waals surface area contributed by atoms with Gasteiger partial charge >= 0.3 is 0 Å². The topological polar surface area (TPSA) is 65.4 Å². The Hall–Kier alpha value is -2.42. The highest BCUT2D eigenvalue weighted by atomic mass is 35.5. The Kier molecular flexibility index (Phi) is 6.36. The van der Waals surface area contributed by atoms with Crippen molar-refractivity contribution >= 4 is 34.7 Å². The maximum absolute atomic E-state index is 15.5. The van der Waals surface area contributed by atoms with Crippen molar-refractivity contribution in [2.45, 2.75) is 25.3 Å². The number of hydrogen-bond donors (Lipinski definition) is 1. The minimum absolute atomic E-state index is 0.0456. The first-order chi connectivity index (χ1) is 14.6. The fraction of sp³-hybridized carbons (Fsp3) is 0.333. The van der Waals surface area contributed by atoms with Crippen molar-refractivity contribution in [3.05, 3.63) is 62.7 Å². The number of aromatic nitrogens is 2. The smallest absolute Gasteiger partial charge is 0.282 e. The van der Waals surface area contributed by atoms with Crippen molar-refractivity contribution in [3.8, 4) is 5.75 Å². The van der Waals surface area contributed by atoms with Gasteiger partial charge in [0.1, 0.15) is 5.75 Å². The molecule has 0 saturated carbocycles. The molecule has 0 unspecified atom stereocenters. The van der Waals surface area contributed by atoms with Crippen molar-refractivity contribution in [1.29, 1.82) is 0 Å². The quantitative estimate of drug-likeness (QED) is 0.577. The largest absolute Gasteiger partial charge is 0.496 e. The van der Waals surface area contributed by atoms with E-state index in [0.717, 1.165) is 4.88 Å². The highest BCUT2D eigenvalue weighted by Crippen LogP contribution is 2.33.